The summed E-state index contributed by atoms with van der Waals surface area (Å²) in [6.45, 7) is 0.734. The Kier molecular flexibility index (Phi) is 6.11. The lowest BCUT2D eigenvalue weighted by molar-refractivity contribution is -0.118. The minimum Gasteiger partial charge on any atom is -0.392 e. The second kappa shape index (κ2) is 8.09. The van der Waals surface area contributed by atoms with E-state index < -0.39 is 0 Å². The SMILES string of the molecule is O=C(CSc1ccc(CO)cc1)NCCc1cccs1. The van der Waals surface area contributed by atoms with Crippen LogP contribution < -0.4 is 5.32 Å². The number of benzene rings is 1. The maximum absolute atomic E-state index is 11.7. The first-order valence-electron chi connectivity index (χ1n) is 6.39. The number of aliphatic hydroxyl groups excluding tert-OH is 1. The molecular formula is C15H17NO2S2. The molecule has 1 aromatic heterocycles. The van der Waals surface area contributed by atoms with E-state index in [4.69, 9.17) is 5.11 Å². The summed E-state index contributed by atoms with van der Waals surface area (Å²) < 4.78 is 0. The van der Waals surface area contributed by atoms with Crippen molar-refractivity contribution in [3.63, 3.8) is 0 Å². The van der Waals surface area contributed by atoms with Crippen LogP contribution in [0.5, 0.6) is 0 Å². The Morgan fingerprint density at radius 2 is 2.05 bits per heavy atom. The van der Waals surface area contributed by atoms with Gasteiger partial charge in [-0.15, -0.1) is 23.1 Å². The highest BCUT2D eigenvalue weighted by Crippen LogP contribution is 2.18. The van der Waals surface area contributed by atoms with Crippen molar-refractivity contribution >= 4 is 29.0 Å². The molecule has 1 aromatic carbocycles. The van der Waals surface area contributed by atoms with Crippen molar-refractivity contribution in [2.24, 2.45) is 0 Å². The molecule has 20 heavy (non-hydrogen) atoms. The van der Waals surface area contributed by atoms with Gasteiger partial charge in [0.05, 0.1) is 12.4 Å². The van der Waals surface area contributed by atoms with Gasteiger partial charge in [-0.2, -0.15) is 0 Å². The van der Waals surface area contributed by atoms with Crippen molar-refractivity contribution < 1.29 is 9.90 Å². The quantitative estimate of drug-likeness (QED) is 0.773. The number of hydrogen-bond acceptors (Lipinski definition) is 4. The summed E-state index contributed by atoms with van der Waals surface area (Å²) in [5.74, 6) is 0.473. The third kappa shape index (κ3) is 5.00. The van der Waals surface area contributed by atoms with Crippen LogP contribution in [-0.2, 0) is 17.8 Å². The average Bonchev–Trinajstić information content (AvgIpc) is 2.99. The highest BCUT2D eigenvalue weighted by atomic mass is 32.2. The van der Waals surface area contributed by atoms with Crippen LogP contribution in [0, 0.1) is 0 Å². The number of nitrogens with one attached hydrogen (secondary N) is 1. The van der Waals surface area contributed by atoms with Crippen LogP contribution >= 0.6 is 23.1 Å². The zero-order valence-corrected chi connectivity index (χ0v) is 12.7. The van der Waals surface area contributed by atoms with Crippen molar-refractivity contribution in [2.45, 2.75) is 17.9 Å². The lowest BCUT2D eigenvalue weighted by atomic mass is 10.2. The van der Waals surface area contributed by atoms with Gasteiger partial charge < -0.3 is 10.4 Å². The van der Waals surface area contributed by atoms with Gasteiger partial charge in [-0.25, -0.2) is 0 Å². The van der Waals surface area contributed by atoms with E-state index in [1.807, 2.05) is 35.7 Å². The minimum atomic E-state index is 0.0498. The minimum absolute atomic E-state index is 0.0498. The molecule has 2 aromatic rings. The molecule has 2 rings (SSSR count). The van der Waals surface area contributed by atoms with Gasteiger partial charge in [0, 0.05) is 16.3 Å². The van der Waals surface area contributed by atoms with Gasteiger partial charge in [0.15, 0.2) is 0 Å². The van der Waals surface area contributed by atoms with Crippen LogP contribution in [0.2, 0.25) is 0 Å². The number of aliphatic hydroxyl groups is 1. The van der Waals surface area contributed by atoms with Gasteiger partial charge in [0.1, 0.15) is 0 Å². The second-order valence-corrected chi connectivity index (χ2v) is 6.35. The summed E-state index contributed by atoms with van der Waals surface area (Å²) in [6.07, 6.45) is 0.888. The molecule has 106 valence electrons. The molecule has 5 heteroatoms. The Morgan fingerprint density at radius 1 is 1.25 bits per heavy atom. The predicted molar refractivity (Wildman–Crippen MR) is 84.1 cm³/mol. The fourth-order valence-electron chi connectivity index (χ4n) is 1.67. The third-order valence-corrected chi connectivity index (χ3v) is 4.70. The second-order valence-electron chi connectivity index (χ2n) is 4.27. The molecule has 1 heterocycles. The number of thiophene rings is 1. The van der Waals surface area contributed by atoms with Crippen LogP contribution in [0.3, 0.4) is 0 Å². The molecule has 2 N–H and O–H groups in total. The Hall–Kier alpha value is -1.30. The Balaban J connectivity index is 1.66. The molecule has 0 saturated heterocycles. The summed E-state index contributed by atoms with van der Waals surface area (Å²) in [5.41, 5.74) is 0.884. The van der Waals surface area contributed by atoms with Gasteiger partial charge in [-0.05, 0) is 35.6 Å². The molecule has 0 bridgehead atoms. The van der Waals surface area contributed by atoms with Crippen molar-refractivity contribution in [1.82, 2.24) is 5.32 Å². The number of carbonyl (C=O) groups is 1. The van der Waals surface area contributed by atoms with Crippen molar-refractivity contribution in [3.8, 4) is 0 Å². The van der Waals surface area contributed by atoms with Gasteiger partial charge in [-0.3, -0.25) is 4.79 Å². The zero-order valence-electron chi connectivity index (χ0n) is 11.0. The molecule has 3 nitrogen and oxygen atoms in total. The maximum Gasteiger partial charge on any atom is 0.230 e. The Morgan fingerprint density at radius 3 is 2.70 bits per heavy atom. The lowest BCUT2D eigenvalue weighted by Gasteiger charge is -2.05. The average molecular weight is 307 g/mol. The molecular weight excluding hydrogens is 290 g/mol. The fraction of sp³-hybridized carbons (Fsp3) is 0.267. The van der Waals surface area contributed by atoms with Gasteiger partial charge in [0.25, 0.3) is 0 Å². The van der Waals surface area contributed by atoms with Gasteiger partial charge in [-0.1, -0.05) is 18.2 Å². The highest BCUT2D eigenvalue weighted by Gasteiger charge is 2.03. The van der Waals surface area contributed by atoms with Crippen LogP contribution in [0.1, 0.15) is 10.4 Å². The molecule has 0 aliphatic rings. The molecule has 0 radical (unpaired) electrons. The number of carbonyl (C=O) groups excluding carboxylic acids is 1. The van der Waals surface area contributed by atoms with E-state index in [0.717, 1.165) is 16.9 Å². The zero-order chi connectivity index (χ0) is 14.2. The normalized spacial score (nSPS) is 10.4. The molecule has 0 saturated carbocycles. The van der Waals surface area contributed by atoms with Crippen LogP contribution in [0.15, 0.2) is 46.7 Å². The molecule has 0 aliphatic heterocycles. The lowest BCUT2D eigenvalue weighted by Crippen LogP contribution is -2.27. The third-order valence-electron chi connectivity index (χ3n) is 2.75. The highest BCUT2D eigenvalue weighted by molar-refractivity contribution is 8.00. The largest absolute Gasteiger partial charge is 0.392 e. The first-order valence-corrected chi connectivity index (χ1v) is 8.26. The summed E-state index contributed by atoms with van der Waals surface area (Å²) >= 11 is 3.22. The van der Waals surface area contributed by atoms with E-state index in [-0.39, 0.29) is 12.5 Å². The van der Waals surface area contributed by atoms with E-state index in [1.54, 1.807) is 11.3 Å². The Labute approximate surface area is 127 Å². The smallest absolute Gasteiger partial charge is 0.230 e. The summed E-state index contributed by atoms with van der Waals surface area (Å²) in [6, 6.07) is 11.7. The van der Waals surface area contributed by atoms with Gasteiger partial charge in [0.2, 0.25) is 5.91 Å². The van der Waals surface area contributed by atoms with E-state index in [9.17, 15) is 4.79 Å². The van der Waals surface area contributed by atoms with E-state index in [2.05, 4.69) is 11.4 Å². The molecule has 0 spiro atoms. The van der Waals surface area contributed by atoms with Crippen molar-refractivity contribution in [3.05, 3.63) is 52.2 Å². The number of thioether (sulfide) groups is 1. The van der Waals surface area contributed by atoms with Crippen LogP contribution in [-0.4, -0.2) is 23.3 Å². The number of hydrogen-bond donors (Lipinski definition) is 2. The van der Waals surface area contributed by atoms with Gasteiger partial charge >= 0.3 is 0 Å². The van der Waals surface area contributed by atoms with E-state index in [0.29, 0.717) is 12.3 Å². The summed E-state index contributed by atoms with van der Waals surface area (Å²) in [5, 5.41) is 13.9. The molecule has 0 atom stereocenters. The van der Waals surface area contributed by atoms with Crippen molar-refractivity contribution in [1.29, 1.82) is 0 Å². The molecule has 1 amide bonds. The molecule has 0 aliphatic carbocycles. The van der Waals surface area contributed by atoms with E-state index in [1.165, 1.54) is 16.6 Å². The van der Waals surface area contributed by atoms with E-state index >= 15 is 0 Å². The first kappa shape index (κ1) is 15.1. The van der Waals surface area contributed by atoms with Crippen molar-refractivity contribution in [2.75, 3.05) is 12.3 Å². The maximum atomic E-state index is 11.7. The number of rotatable bonds is 7. The monoisotopic (exact) mass is 307 g/mol. The molecule has 0 unspecified atom stereocenters. The Bertz CT molecular complexity index is 523. The standard InChI is InChI=1S/C15H17NO2S2/c17-10-12-3-5-14(6-4-12)20-11-15(18)16-8-7-13-2-1-9-19-13/h1-6,9,17H,7-8,10-11H2,(H,16,18). The topological polar surface area (TPSA) is 49.3 Å². The summed E-state index contributed by atoms with van der Waals surface area (Å²) in [7, 11) is 0. The number of amides is 1. The first-order chi connectivity index (χ1) is 9.78. The summed E-state index contributed by atoms with van der Waals surface area (Å²) in [4.78, 5) is 14.0. The van der Waals surface area contributed by atoms with Crippen LogP contribution in [0.25, 0.3) is 0 Å². The molecule has 0 fully saturated rings. The van der Waals surface area contributed by atoms with Crippen LogP contribution in [0.4, 0.5) is 0 Å². The fourth-order valence-corrected chi connectivity index (χ4v) is 3.11. The predicted octanol–water partition coefficient (Wildman–Crippen LogP) is 2.69.